The zero-order valence-corrected chi connectivity index (χ0v) is 15.1. The van der Waals surface area contributed by atoms with Crippen molar-refractivity contribution in [2.24, 2.45) is 4.99 Å². The summed E-state index contributed by atoms with van der Waals surface area (Å²) in [4.78, 5) is 16.8. The predicted octanol–water partition coefficient (Wildman–Crippen LogP) is 4.80. The lowest BCUT2D eigenvalue weighted by molar-refractivity contribution is -0.143. The fourth-order valence-electron chi connectivity index (χ4n) is 3.34. The third-order valence-electron chi connectivity index (χ3n) is 4.85. The van der Waals surface area contributed by atoms with Gasteiger partial charge in [0.1, 0.15) is 11.3 Å². The Labute approximate surface area is 160 Å². The van der Waals surface area contributed by atoms with Crippen molar-refractivity contribution >= 4 is 6.21 Å². The van der Waals surface area contributed by atoms with Gasteiger partial charge in [-0.2, -0.15) is 13.2 Å². The summed E-state index contributed by atoms with van der Waals surface area (Å²) in [5.74, 6) is -9.95. The van der Waals surface area contributed by atoms with Gasteiger partial charge in [-0.05, 0) is 19.8 Å². The number of nitrogens with zero attached hydrogens (tertiary/aromatic N) is 2. The first kappa shape index (κ1) is 21.1. The number of alkyl halides is 3. The number of benzene rings is 1. The highest BCUT2D eigenvalue weighted by Crippen LogP contribution is 2.37. The Morgan fingerprint density at radius 2 is 1.55 bits per heavy atom. The molecule has 1 saturated carbocycles. The number of aryl methyl sites for hydroxylation is 1. The van der Waals surface area contributed by atoms with Gasteiger partial charge < -0.3 is 0 Å². The first-order valence-corrected chi connectivity index (χ1v) is 8.82. The van der Waals surface area contributed by atoms with E-state index in [1.807, 2.05) is 0 Å². The van der Waals surface area contributed by atoms with E-state index in [2.05, 4.69) is 10.1 Å². The summed E-state index contributed by atoms with van der Waals surface area (Å²) < 4.78 is 94.5. The molecular formula is C18H16F7N3O. The first-order chi connectivity index (χ1) is 13.5. The molecule has 0 bridgehead atoms. The minimum Gasteiger partial charge on any atom is -0.294 e. The fourth-order valence-corrected chi connectivity index (χ4v) is 3.34. The summed E-state index contributed by atoms with van der Waals surface area (Å²) in [6.45, 7) is 1.35. The lowest BCUT2D eigenvalue weighted by Gasteiger charge is -2.16. The number of halogens is 7. The summed E-state index contributed by atoms with van der Waals surface area (Å²) in [5, 5.41) is 2.23. The standard InChI is InChI=1S/C18H16F7N3O/c1-8-10(7-26-9-5-3-2-4-6-9)17(29)28(27-8)16-14(21)12(19)11(18(23,24)25)13(20)15(16)22/h7,9,27H,2-6H2,1H3. The summed E-state index contributed by atoms with van der Waals surface area (Å²) in [7, 11) is 0. The minimum atomic E-state index is -5.66. The average Bonchev–Trinajstić information content (AvgIpc) is 2.92. The molecule has 0 amide bonds. The Kier molecular flexibility index (Phi) is 5.59. The molecule has 1 fully saturated rings. The number of nitrogens with one attached hydrogen (secondary N) is 1. The fraction of sp³-hybridized carbons (Fsp3) is 0.444. The molecule has 1 aromatic heterocycles. The maximum atomic E-state index is 14.2. The van der Waals surface area contributed by atoms with Gasteiger partial charge >= 0.3 is 6.18 Å². The second-order valence-electron chi connectivity index (χ2n) is 6.84. The van der Waals surface area contributed by atoms with Crippen molar-refractivity contribution in [3.8, 4) is 5.69 Å². The first-order valence-electron chi connectivity index (χ1n) is 8.82. The topological polar surface area (TPSA) is 50.1 Å². The lowest BCUT2D eigenvalue weighted by atomic mass is 9.96. The van der Waals surface area contributed by atoms with E-state index >= 15 is 0 Å². The molecule has 3 rings (SSSR count). The van der Waals surface area contributed by atoms with Gasteiger partial charge in [0.15, 0.2) is 23.3 Å². The van der Waals surface area contributed by atoms with Gasteiger partial charge in [0.2, 0.25) is 0 Å². The van der Waals surface area contributed by atoms with Gasteiger partial charge in [0, 0.05) is 18.0 Å². The number of aromatic nitrogens is 2. The number of aromatic amines is 1. The van der Waals surface area contributed by atoms with E-state index < -0.39 is 46.3 Å². The molecule has 1 heterocycles. The number of rotatable bonds is 3. The Hall–Kier alpha value is -2.59. The van der Waals surface area contributed by atoms with Crippen LogP contribution in [0.25, 0.3) is 5.69 Å². The molecule has 29 heavy (non-hydrogen) atoms. The summed E-state index contributed by atoms with van der Waals surface area (Å²) >= 11 is 0. The Morgan fingerprint density at radius 3 is 2.07 bits per heavy atom. The SMILES string of the molecule is Cc1[nH]n(-c2c(F)c(F)c(C(F)(F)F)c(F)c2F)c(=O)c1C=NC1CCCCC1. The molecule has 2 aromatic rings. The smallest absolute Gasteiger partial charge is 0.294 e. The highest BCUT2D eigenvalue weighted by atomic mass is 19.4. The molecule has 0 aliphatic heterocycles. The van der Waals surface area contributed by atoms with Gasteiger partial charge in [-0.1, -0.05) is 19.3 Å². The molecule has 158 valence electrons. The molecule has 0 saturated heterocycles. The van der Waals surface area contributed by atoms with Crippen molar-refractivity contribution in [2.45, 2.75) is 51.2 Å². The molecule has 0 radical (unpaired) electrons. The summed E-state index contributed by atoms with van der Waals surface area (Å²) in [6.07, 6.45) is 0.180. The quantitative estimate of drug-likeness (QED) is 0.430. The zero-order chi connectivity index (χ0) is 21.5. The second-order valence-corrected chi connectivity index (χ2v) is 6.84. The third-order valence-corrected chi connectivity index (χ3v) is 4.85. The maximum absolute atomic E-state index is 14.2. The van der Waals surface area contributed by atoms with Crippen molar-refractivity contribution in [1.82, 2.24) is 9.78 Å². The lowest BCUT2D eigenvalue weighted by Crippen LogP contribution is -2.24. The van der Waals surface area contributed by atoms with Crippen molar-refractivity contribution in [3.05, 3.63) is 50.4 Å². The van der Waals surface area contributed by atoms with Gasteiger partial charge in [0.25, 0.3) is 5.56 Å². The van der Waals surface area contributed by atoms with Crippen LogP contribution in [-0.2, 0) is 6.18 Å². The molecule has 1 N–H and O–H groups in total. The third kappa shape index (κ3) is 3.82. The van der Waals surface area contributed by atoms with E-state index in [4.69, 9.17) is 0 Å². The van der Waals surface area contributed by atoms with Crippen LogP contribution in [0, 0.1) is 30.2 Å². The maximum Gasteiger partial charge on any atom is 0.422 e. The molecule has 4 nitrogen and oxygen atoms in total. The predicted molar refractivity (Wildman–Crippen MR) is 90.4 cm³/mol. The number of hydrogen-bond acceptors (Lipinski definition) is 2. The highest BCUT2D eigenvalue weighted by Gasteiger charge is 2.43. The molecule has 1 aliphatic rings. The van der Waals surface area contributed by atoms with E-state index in [-0.39, 0.29) is 22.0 Å². The normalized spacial score (nSPS) is 16.1. The number of hydrogen-bond donors (Lipinski definition) is 1. The van der Waals surface area contributed by atoms with E-state index in [0.29, 0.717) is 0 Å². The van der Waals surface area contributed by atoms with Crippen LogP contribution in [0.15, 0.2) is 9.79 Å². The number of H-pyrrole nitrogens is 1. The highest BCUT2D eigenvalue weighted by molar-refractivity contribution is 5.80. The number of aliphatic imine (C=N–C) groups is 1. The molecule has 0 atom stereocenters. The van der Waals surface area contributed by atoms with Crippen LogP contribution in [0.4, 0.5) is 30.7 Å². The largest absolute Gasteiger partial charge is 0.422 e. The average molecular weight is 423 g/mol. The van der Waals surface area contributed by atoms with Crippen molar-refractivity contribution in [2.75, 3.05) is 0 Å². The summed E-state index contributed by atoms with van der Waals surface area (Å²) in [5.41, 5.74) is -5.44. The summed E-state index contributed by atoms with van der Waals surface area (Å²) in [6, 6.07) is -0.0275. The van der Waals surface area contributed by atoms with Crippen LogP contribution in [0.1, 0.15) is 48.9 Å². The Balaban J connectivity index is 2.11. The van der Waals surface area contributed by atoms with E-state index in [9.17, 15) is 35.5 Å². The van der Waals surface area contributed by atoms with Gasteiger partial charge in [0.05, 0.1) is 5.56 Å². The van der Waals surface area contributed by atoms with Crippen LogP contribution < -0.4 is 5.56 Å². The van der Waals surface area contributed by atoms with Gasteiger partial charge in [-0.3, -0.25) is 14.9 Å². The second kappa shape index (κ2) is 7.68. The van der Waals surface area contributed by atoms with Gasteiger partial charge in [-0.25, -0.2) is 22.2 Å². The minimum absolute atomic E-state index is 0.0275. The molecular weight excluding hydrogens is 407 g/mol. The van der Waals surface area contributed by atoms with E-state index in [1.54, 1.807) is 0 Å². The molecule has 0 unspecified atom stereocenters. The van der Waals surface area contributed by atoms with Crippen LogP contribution in [0.5, 0.6) is 0 Å². The van der Waals surface area contributed by atoms with E-state index in [0.717, 1.165) is 32.1 Å². The van der Waals surface area contributed by atoms with E-state index in [1.165, 1.54) is 13.1 Å². The molecule has 0 spiro atoms. The van der Waals surface area contributed by atoms with Crippen molar-refractivity contribution in [1.29, 1.82) is 0 Å². The molecule has 11 heteroatoms. The van der Waals surface area contributed by atoms with Crippen LogP contribution >= 0.6 is 0 Å². The zero-order valence-electron chi connectivity index (χ0n) is 15.1. The van der Waals surface area contributed by atoms with Crippen LogP contribution in [0.3, 0.4) is 0 Å². The van der Waals surface area contributed by atoms with Crippen LogP contribution in [-0.4, -0.2) is 22.0 Å². The van der Waals surface area contributed by atoms with Crippen molar-refractivity contribution < 1.29 is 30.7 Å². The monoisotopic (exact) mass is 423 g/mol. The Morgan fingerprint density at radius 1 is 1.00 bits per heavy atom. The van der Waals surface area contributed by atoms with Gasteiger partial charge in [-0.15, -0.1) is 0 Å². The molecule has 1 aliphatic carbocycles. The van der Waals surface area contributed by atoms with Crippen molar-refractivity contribution in [3.63, 3.8) is 0 Å². The van der Waals surface area contributed by atoms with Crippen LogP contribution in [0.2, 0.25) is 0 Å². The molecule has 1 aromatic carbocycles. The Bertz CT molecular complexity index is 985.